The van der Waals surface area contributed by atoms with Gasteiger partial charge in [-0.15, -0.1) is 0 Å². The maximum absolute atomic E-state index is 12.5. The van der Waals surface area contributed by atoms with E-state index in [1.807, 2.05) is 47.9 Å². The van der Waals surface area contributed by atoms with E-state index in [0.717, 1.165) is 24.2 Å². The second-order valence-corrected chi connectivity index (χ2v) is 7.21. The third kappa shape index (κ3) is 5.48. The van der Waals surface area contributed by atoms with Crippen molar-refractivity contribution in [3.05, 3.63) is 29.8 Å². The Labute approximate surface area is 157 Å². The van der Waals surface area contributed by atoms with Gasteiger partial charge in [0, 0.05) is 32.1 Å². The molecule has 1 fully saturated rings. The summed E-state index contributed by atoms with van der Waals surface area (Å²) in [5.41, 5.74) is 0.988. The number of carbonyl (C=O) groups excluding carboxylic acids is 2. The molecule has 2 rings (SSSR count). The highest BCUT2D eigenvalue weighted by atomic mass is 16.5. The highest BCUT2D eigenvalue weighted by Crippen LogP contribution is 2.16. The third-order valence-corrected chi connectivity index (χ3v) is 4.93. The number of amides is 2. The van der Waals surface area contributed by atoms with Gasteiger partial charge in [0.1, 0.15) is 5.75 Å². The lowest BCUT2D eigenvalue weighted by Crippen LogP contribution is -2.52. The SMILES string of the molecule is CCC(CC)C(=O)N1CCN(C(=O)Cc2ccc(OC(C)C)cc2)CC1. The minimum atomic E-state index is 0.115. The summed E-state index contributed by atoms with van der Waals surface area (Å²) in [4.78, 5) is 28.8. The molecule has 0 spiro atoms. The number of benzene rings is 1. The van der Waals surface area contributed by atoms with Gasteiger partial charge in [0.05, 0.1) is 12.5 Å². The Morgan fingerprint density at radius 1 is 0.962 bits per heavy atom. The summed E-state index contributed by atoms with van der Waals surface area (Å²) in [6.45, 7) is 10.6. The van der Waals surface area contributed by atoms with Gasteiger partial charge in [-0.1, -0.05) is 26.0 Å². The summed E-state index contributed by atoms with van der Waals surface area (Å²) in [6.07, 6.45) is 2.29. The van der Waals surface area contributed by atoms with Crippen molar-refractivity contribution in [2.24, 2.45) is 5.92 Å². The van der Waals surface area contributed by atoms with Crippen molar-refractivity contribution in [1.29, 1.82) is 0 Å². The molecule has 1 aromatic carbocycles. The molecule has 0 aliphatic carbocycles. The minimum Gasteiger partial charge on any atom is -0.491 e. The van der Waals surface area contributed by atoms with Gasteiger partial charge in [-0.25, -0.2) is 0 Å². The van der Waals surface area contributed by atoms with Crippen molar-refractivity contribution in [2.45, 2.75) is 53.1 Å². The van der Waals surface area contributed by atoms with Gasteiger partial charge in [0.25, 0.3) is 0 Å². The molecular formula is C21H32N2O3. The average molecular weight is 360 g/mol. The van der Waals surface area contributed by atoms with Crippen LogP contribution in [0.15, 0.2) is 24.3 Å². The van der Waals surface area contributed by atoms with Gasteiger partial charge in [0.15, 0.2) is 0 Å². The Balaban J connectivity index is 1.83. The summed E-state index contributed by atoms with van der Waals surface area (Å²) in [5.74, 6) is 1.30. The first-order valence-electron chi connectivity index (χ1n) is 9.76. The summed E-state index contributed by atoms with van der Waals surface area (Å²) in [5, 5.41) is 0. The Morgan fingerprint density at radius 3 is 2.00 bits per heavy atom. The Hall–Kier alpha value is -2.04. The van der Waals surface area contributed by atoms with Crippen LogP contribution >= 0.6 is 0 Å². The minimum absolute atomic E-state index is 0.115. The van der Waals surface area contributed by atoms with Crippen LogP contribution < -0.4 is 4.74 Å². The lowest BCUT2D eigenvalue weighted by Gasteiger charge is -2.36. The van der Waals surface area contributed by atoms with E-state index in [1.54, 1.807) is 0 Å². The fourth-order valence-electron chi connectivity index (χ4n) is 3.32. The van der Waals surface area contributed by atoms with Crippen LogP contribution in [0.2, 0.25) is 0 Å². The first kappa shape index (κ1) is 20.3. The van der Waals surface area contributed by atoms with Crippen LogP contribution in [0.4, 0.5) is 0 Å². The lowest BCUT2D eigenvalue weighted by atomic mass is 10.0. The number of rotatable bonds is 7. The topological polar surface area (TPSA) is 49.9 Å². The number of carbonyl (C=O) groups is 2. The Morgan fingerprint density at radius 2 is 1.50 bits per heavy atom. The average Bonchev–Trinajstić information content (AvgIpc) is 2.64. The molecule has 0 saturated carbocycles. The maximum Gasteiger partial charge on any atom is 0.227 e. The number of piperazine rings is 1. The fourth-order valence-corrected chi connectivity index (χ4v) is 3.32. The van der Waals surface area contributed by atoms with Crippen molar-refractivity contribution >= 4 is 11.8 Å². The largest absolute Gasteiger partial charge is 0.491 e. The van der Waals surface area contributed by atoms with Crippen LogP contribution in [0.1, 0.15) is 46.1 Å². The Bertz CT molecular complexity index is 586. The molecule has 0 N–H and O–H groups in total. The van der Waals surface area contributed by atoms with E-state index in [0.29, 0.717) is 32.6 Å². The standard InChI is InChI=1S/C21H32N2O3/c1-5-18(6-2)21(25)23-13-11-22(12-14-23)20(24)15-17-7-9-19(10-8-17)26-16(3)4/h7-10,16,18H,5-6,11-15H2,1-4H3. The van der Waals surface area contributed by atoms with Crippen LogP contribution in [0.3, 0.4) is 0 Å². The van der Waals surface area contributed by atoms with Gasteiger partial charge >= 0.3 is 0 Å². The fraction of sp³-hybridized carbons (Fsp3) is 0.619. The molecule has 0 aromatic heterocycles. The van der Waals surface area contributed by atoms with Crippen LogP contribution in [-0.4, -0.2) is 53.9 Å². The lowest BCUT2D eigenvalue weighted by molar-refractivity contribution is -0.142. The summed E-state index contributed by atoms with van der Waals surface area (Å²) >= 11 is 0. The Kier molecular flexibility index (Phi) is 7.49. The van der Waals surface area contributed by atoms with Gasteiger partial charge in [-0.3, -0.25) is 9.59 Å². The van der Waals surface area contributed by atoms with E-state index in [4.69, 9.17) is 4.74 Å². The third-order valence-electron chi connectivity index (χ3n) is 4.93. The molecule has 26 heavy (non-hydrogen) atoms. The van der Waals surface area contributed by atoms with E-state index >= 15 is 0 Å². The molecule has 0 radical (unpaired) electrons. The van der Waals surface area contributed by atoms with E-state index in [9.17, 15) is 9.59 Å². The predicted molar refractivity (Wildman–Crippen MR) is 103 cm³/mol. The van der Waals surface area contributed by atoms with Crippen molar-refractivity contribution < 1.29 is 14.3 Å². The van der Waals surface area contributed by atoms with E-state index in [2.05, 4.69) is 13.8 Å². The maximum atomic E-state index is 12.5. The molecule has 144 valence electrons. The molecule has 1 aliphatic rings. The van der Waals surface area contributed by atoms with E-state index in [1.165, 1.54) is 0 Å². The van der Waals surface area contributed by atoms with Crippen LogP contribution in [0, 0.1) is 5.92 Å². The van der Waals surface area contributed by atoms with Gasteiger partial charge < -0.3 is 14.5 Å². The van der Waals surface area contributed by atoms with Crippen molar-refractivity contribution in [1.82, 2.24) is 9.80 Å². The number of nitrogens with zero attached hydrogens (tertiary/aromatic N) is 2. The molecule has 2 amide bonds. The summed E-state index contributed by atoms with van der Waals surface area (Å²) < 4.78 is 5.63. The molecule has 1 aromatic rings. The van der Waals surface area contributed by atoms with Crippen molar-refractivity contribution in [3.8, 4) is 5.75 Å². The van der Waals surface area contributed by atoms with Crippen LogP contribution in [0.5, 0.6) is 5.75 Å². The molecule has 1 heterocycles. The molecule has 0 bridgehead atoms. The number of hydrogen-bond donors (Lipinski definition) is 0. The van der Waals surface area contributed by atoms with Gasteiger partial charge in [0.2, 0.25) is 11.8 Å². The summed E-state index contributed by atoms with van der Waals surface area (Å²) in [6, 6.07) is 7.72. The van der Waals surface area contributed by atoms with Crippen LogP contribution in [0.25, 0.3) is 0 Å². The highest BCUT2D eigenvalue weighted by Gasteiger charge is 2.27. The highest BCUT2D eigenvalue weighted by molar-refractivity contribution is 5.81. The normalized spacial score (nSPS) is 14.8. The predicted octanol–water partition coefficient (Wildman–Crippen LogP) is 3.12. The monoisotopic (exact) mass is 360 g/mol. The van der Waals surface area contributed by atoms with Gasteiger partial charge in [-0.05, 0) is 44.4 Å². The summed E-state index contributed by atoms with van der Waals surface area (Å²) in [7, 11) is 0. The number of ether oxygens (including phenoxy) is 1. The van der Waals surface area contributed by atoms with Gasteiger partial charge in [-0.2, -0.15) is 0 Å². The van der Waals surface area contributed by atoms with Crippen molar-refractivity contribution in [2.75, 3.05) is 26.2 Å². The van der Waals surface area contributed by atoms with E-state index in [-0.39, 0.29) is 23.8 Å². The number of hydrogen-bond acceptors (Lipinski definition) is 3. The molecule has 1 saturated heterocycles. The first-order valence-corrected chi connectivity index (χ1v) is 9.76. The zero-order chi connectivity index (χ0) is 19.1. The molecule has 0 atom stereocenters. The molecule has 0 unspecified atom stereocenters. The zero-order valence-corrected chi connectivity index (χ0v) is 16.5. The van der Waals surface area contributed by atoms with Crippen LogP contribution in [-0.2, 0) is 16.0 Å². The second-order valence-electron chi connectivity index (χ2n) is 7.21. The van der Waals surface area contributed by atoms with E-state index < -0.39 is 0 Å². The molecule has 5 nitrogen and oxygen atoms in total. The molecule has 1 aliphatic heterocycles. The van der Waals surface area contributed by atoms with Crippen molar-refractivity contribution in [3.63, 3.8) is 0 Å². The zero-order valence-electron chi connectivity index (χ0n) is 16.5. The first-order chi connectivity index (χ1) is 12.4. The second kappa shape index (κ2) is 9.60. The quantitative estimate of drug-likeness (QED) is 0.751. The molecular weight excluding hydrogens is 328 g/mol. The molecule has 5 heteroatoms. The smallest absolute Gasteiger partial charge is 0.227 e.